The summed E-state index contributed by atoms with van der Waals surface area (Å²) in [6.45, 7) is 1.56. The zero-order chi connectivity index (χ0) is 28.1. The molecule has 0 aliphatic carbocycles. The van der Waals surface area contributed by atoms with Crippen LogP contribution >= 0.6 is 22.6 Å². The maximum atomic E-state index is 14.6. The van der Waals surface area contributed by atoms with Gasteiger partial charge in [0.25, 0.3) is 11.8 Å². The molecule has 1 aliphatic heterocycles. The zero-order valence-corrected chi connectivity index (χ0v) is 23.3. The number of hydrogen-bond acceptors (Lipinski definition) is 5. The fourth-order valence-corrected chi connectivity index (χ4v) is 4.72. The molecular formula is C28H26FIN4O5. The molecule has 0 bridgehead atoms. The number of benzene rings is 3. The summed E-state index contributed by atoms with van der Waals surface area (Å²) < 4.78 is 20.6. The number of hydrogen-bond donors (Lipinski definition) is 3. The van der Waals surface area contributed by atoms with E-state index in [2.05, 4.69) is 16.0 Å². The lowest BCUT2D eigenvalue weighted by Crippen LogP contribution is -2.50. The van der Waals surface area contributed by atoms with Crippen molar-refractivity contribution < 1.29 is 28.3 Å². The molecule has 0 spiro atoms. The fraction of sp³-hybridized carbons (Fsp3) is 0.214. The summed E-state index contributed by atoms with van der Waals surface area (Å²) in [6.07, 6.45) is 0. The number of amides is 5. The van der Waals surface area contributed by atoms with Crippen LogP contribution in [0.1, 0.15) is 30.0 Å². The maximum absolute atomic E-state index is 14.6. The molecule has 1 fully saturated rings. The molecule has 0 aromatic heterocycles. The van der Waals surface area contributed by atoms with E-state index in [1.54, 1.807) is 61.5 Å². The van der Waals surface area contributed by atoms with Gasteiger partial charge < -0.3 is 20.7 Å². The first-order chi connectivity index (χ1) is 18.7. The Morgan fingerprint density at radius 1 is 1.08 bits per heavy atom. The van der Waals surface area contributed by atoms with Crippen molar-refractivity contribution in [3.05, 3.63) is 93.3 Å². The Hall–Kier alpha value is -4.00. The van der Waals surface area contributed by atoms with Gasteiger partial charge in [0.15, 0.2) is 6.61 Å². The first-order valence-corrected chi connectivity index (χ1v) is 13.1. The van der Waals surface area contributed by atoms with Gasteiger partial charge in [-0.05, 0) is 64.0 Å². The SMILES string of the molecule is CNC(=O)COc1ccc([C@H]2NC(=O)N(C(C(=O)Nc3ccc(I)cc3F)C(C)c3ccccc3)C2=O)cc1. The summed E-state index contributed by atoms with van der Waals surface area (Å²) in [5, 5.41) is 7.66. The smallest absolute Gasteiger partial charge is 0.325 e. The van der Waals surface area contributed by atoms with E-state index >= 15 is 0 Å². The normalized spacial score (nSPS) is 16.3. The largest absolute Gasteiger partial charge is 0.484 e. The molecule has 4 rings (SSSR count). The van der Waals surface area contributed by atoms with Crippen molar-refractivity contribution in [2.24, 2.45) is 0 Å². The molecule has 2 unspecified atom stereocenters. The Bertz CT molecular complexity index is 1390. The Labute approximate surface area is 238 Å². The van der Waals surface area contributed by atoms with Crippen molar-refractivity contribution in [1.29, 1.82) is 0 Å². The first kappa shape index (κ1) is 28.0. The van der Waals surface area contributed by atoms with Gasteiger partial charge in [-0.3, -0.25) is 14.4 Å². The molecule has 11 heteroatoms. The lowest BCUT2D eigenvalue weighted by Gasteiger charge is -2.30. The molecule has 3 aromatic rings. The highest BCUT2D eigenvalue weighted by Crippen LogP contribution is 2.32. The minimum Gasteiger partial charge on any atom is -0.484 e. The fourth-order valence-electron chi connectivity index (χ4n) is 4.27. The molecule has 5 amide bonds. The Balaban J connectivity index is 1.61. The molecule has 1 aliphatic rings. The number of halogens is 2. The topological polar surface area (TPSA) is 117 Å². The highest BCUT2D eigenvalue weighted by Gasteiger charge is 2.47. The van der Waals surface area contributed by atoms with Crippen LogP contribution in [-0.2, 0) is 14.4 Å². The van der Waals surface area contributed by atoms with Crippen molar-refractivity contribution in [2.75, 3.05) is 19.0 Å². The van der Waals surface area contributed by atoms with E-state index in [1.807, 2.05) is 28.7 Å². The van der Waals surface area contributed by atoms with Gasteiger partial charge >= 0.3 is 6.03 Å². The van der Waals surface area contributed by atoms with E-state index in [1.165, 1.54) is 19.2 Å². The van der Waals surface area contributed by atoms with E-state index < -0.39 is 41.7 Å². The van der Waals surface area contributed by atoms with Crippen LogP contribution in [0, 0.1) is 9.39 Å². The zero-order valence-electron chi connectivity index (χ0n) is 21.1. The third-order valence-corrected chi connectivity index (χ3v) is 7.04. The summed E-state index contributed by atoms with van der Waals surface area (Å²) >= 11 is 1.96. The predicted molar refractivity (Wildman–Crippen MR) is 151 cm³/mol. The van der Waals surface area contributed by atoms with Crippen molar-refractivity contribution in [2.45, 2.75) is 24.9 Å². The molecule has 9 nitrogen and oxygen atoms in total. The highest BCUT2D eigenvalue weighted by atomic mass is 127. The number of anilines is 1. The average molecular weight is 644 g/mol. The van der Waals surface area contributed by atoms with E-state index in [0.717, 1.165) is 10.5 Å². The highest BCUT2D eigenvalue weighted by molar-refractivity contribution is 14.1. The molecule has 3 aromatic carbocycles. The van der Waals surface area contributed by atoms with Crippen LogP contribution in [-0.4, -0.2) is 48.3 Å². The number of likely N-dealkylation sites (N-methyl/N-ethyl adjacent to an activating group) is 1. The van der Waals surface area contributed by atoms with Gasteiger partial charge in [0, 0.05) is 16.5 Å². The summed E-state index contributed by atoms with van der Waals surface area (Å²) in [5.74, 6) is -2.44. The predicted octanol–water partition coefficient (Wildman–Crippen LogP) is 3.96. The van der Waals surface area contributed by atoms with Gasteiger partial charge in [-0.2, -0.15) is 0 Å². The van der Waals surface area contributed by atoms with Crippen LogP contribution in [0.2, 0.25) is 0 Å². The molecule has 3 atom stereocenters. The number of carbonyl (C=O) groups is 4. The first-order valence-electron chi connectivity index (χ1n) is 12.1. The quantitative estimate of drug-likeness (QED) is 0.241. The Morgan fingerprint density at radius 2 is 1.77 bits per heavy atom. The average Bonchev–Trinajstić information content (AvgIpc) is 3.23. The second-order valence-electron chi connectivity index (χ2n) is 8.88. The molecule has 39 heavy (non-hydrogen) atoms. The molecule has 0 radical (unpaired) electrons. The van der Waals surface area contributed by atoms with Crippen LogP contribution in [0.5, 0.6) is 5.75 Å². The molecule has 202 valence electrons. The minimum atomic E-state index is -1.27. The number of nitrogens with one attached hydrogen (secondary N) is 3. The van der Waals surface area contributed by atoms with Crippen molar-refractivity contribution >= 4 is 52.0 Å². The van der Waals surface area contributed by atoms with Crippen LogP contribution in [0.25, 0.3) is 0 Å². The third kappa shape index (κ3) is 6.36. The minimum absolute atomic E-state index is 0.0541. The molecule has 0 saturated carbocycles. The van der Waals surface area contributed by atoms with Gasteiger partial charge in [0.05, 0.1) is 5.69 Å². The molecule has 3 N–H and O–H groups in total. The van der Waals surface area contributed by atoms with Gasteiger partial charge in [0.1, 0.15) is 23.7 Å². The van der Waals surface area contributed by atoms with Gasteiger partial charge in [-0.1, -0.05) is 49.4 Å². The van der Waals surface area contributed by atoms with E-state index in [9.17, 15) is 23.6 Å². The van der Waals surface area contributed by atoms with Crippen LogP contribution in [0.15, 0.2) is 72.8 Å². The monoisotopic (exact) mass is 644 g/mol. The standard InChI is InChI=1S/C28H26FIN4O5/c1-16(17-6-4-3-5-7-17)25(26(36)32-22-13-10-19(30)14-21(22)29)34-27(37)24(33-28(34)38)18-8-11-20(12-9-18)39-15-23(35)31-2/h3-14,16,24-25H,15H2,1-2H3,(H,31,35)(H,32,36)(H,33,38)/t16?,24-,25?/m1/s1. The lowest BCUT2D eigenvalue weighted by molar-refractivity contribution is -0.134. The summed E-state index contributed by atoms with van der Waals surface area (Å²) in [4.78, 5) is 52.7. The van der Waals surface area contributed by atoms with E-state index in [4.69, 9.17) is 4.74 Å². The second-order valence-corrected chi connectivity index (χ2v) is 10.1. The maximum Gasteiger partial charge on any atom is 0.325 e. The Morgan fingerprint density at radius 3 is 2.41 bits per heavy atom. The molecular weight excluding hydrogens is 618 g/mol. The number of carbonyl (C=O) groups excluding carboxylic acids is 4. The summed E-state index contributed by atoms with van der Waals surface area (Å²) in [6, 6.07) is 16.7. The summed E-state index contributed by atoms with van der Waals surface area (Å²) in [5.41, 5.74) is 1.14. The number of imide groups is 1. The van der Waals surface area contributed by atoms with Crippen LogP contribution < -0.4 is 20.7 Å². The number of rotatable bonds is 9. The van der Waals surface area contributed by atoms with Crippen LogP contribution in [0.3, 0.4) is 0 Å². The number of nitrogens with zero attached hydrogens (tertiary/aromatic N) is 1. The van der Waals surface area contributed by atoms with E-state index in [0.29, 0.717) is 14.9 Å². The van der Waals surface area contributed by atoms with Gasteiger partial charge in [-0.15, -0.1) is 0 Å². The van der Waals surface area contributed by atoms with Crippen molar-refractivity contribution in [1.82, 2.24) is 15.5 Å². The van der Waals surface area contributed by atoms with Gasteiger partial charge in [0.2, 0.25) is 5.91 Å². The second kappa shape index (κ2) is 12.2. The Kier molecular flexibility index (Phi) is 8.79. The molecule has 1 saturated heterocycles. The lowest BCUT2D eigenvalue weighted by atomic mass is 9.91. The van der Waals surface area contributed by atoms with Crippen molar-refractivity contribution in [3.8, 4) is 5.75 Å². The number of urea groups is 1. The van der Waals surface area contributed by atoms with Gasteiger partial charge in [-0.25, -0.2) is 14.1 Å². The summed E-state index contributed by atoms with van der Waals surface area (Å²) in [7, 11) is 1.50. The van der Waals surface area contributed by atoms with Crippen molar-refractivity contribution in [3.63, 3.8) is 0 Å². The third-order valence-electron chi connectivity index (χ3n) is 6.37. The number of ether oxygens (including phenoxy) is 1. The molecule has 1 heterocycles. The van der Waals surface area contributed by atoms with E-state index in [-0.39, 0.29) is 18.2 Å². The van der Waals surface area contributed by atoms with Crippen LogP contribution in [0.4, 0.5) is 14.9 Å².